The van der Waals surface area contributed by atoms with Crippen molar-refractivity contribution >= 4 is 23.4 Å². The summed E-state index contributed by atoms with van der Waals surface area (Å²) >= 11 is 0. The van der Waals surface area contributed by atoms with Gasteiger partial charge in [-0.2, -0.15) is 0 Å². The molecule has 0 bridgehead atoms. The number of nitrogens with one attached hydrogen (secondary N) is 2. The number of rotatable bonds is 7. The smallest absolute Gasteiger partial charge is 0.279 e. The van der Waals surface area contributed by atoms with E-state index in [1.54, 1.807) is 20.2 Å². The molecule has 1 aromatic heterocycles. The average Bonchev–Trinajstić information content (AvgIpc) is 3.25. The molecule has 0 saturated heterocycles. The number of phenolic OH excluding ortho intramolecular Hbond substituents is 1. The summed E-state index contributed by atoms with van der Waals surface area (Å²) in [6.45, 7) is 3.75. The van der Waals surface area contributed by atoms with Gasteiger partial charge in [0, 0.05) is 21.1 Å². The maximum Gasteiger partial charge on any atom is 0.279 e. The third-order valence-corrected chi connectivity index (χ3v) is 5.05. The zero-order chi connectivity index (χ0) is 22.9. The molecule has 9 nitrogen and oxygen atoms in total. The summed E-state index contributed by atoms with van der Waals surface area (Å²) in [6, 6.07) is 7.90. The summed E-state index contributed by atoms with van der Waals surface area (Å²) in [6.07, 6.45) is 0.604. The van der Waals surface area contributed by atoms with Crippen LogP contribution in [0.2, 0.25) is 0 Å². The summed E-state index contributed by atoms with van der Waals surface area (Å²) in [4.78, 5) is 40.1. The first-order chi connectivity index (χ1) is 14.6. The Labute approximate surface area is 180 Å². The number of phenols is 1. The van der Waals surface area contributed by atoms with E-state index in [9.17, 15) is 19.5 Å². The second-order valence-electron chi connectivity index (χ2n) is 7.50. The average molecular weight is 426 g/mol. The molecule has 0 fully saturated rings. The topological polar surface area (TPSA) is 115 Å². The van der Waals surface area contributed by atoms with Gasteiger partial charge in [-0.1, -0.05) is 13.0 Å². The van der Waals surface area contributed by atoms with E-state index in [0.717, 1.165) is 10.7 Å². The molecule has 3 amide bonds. The van der Waals surface area contributed by atoms with Crippen molar-refractivity contribution < 1.29 is 23.9 Å². The summed E-state index contributed by atoms with van der Waals surface area (Å²) < 4.78 is 5.68. The van der Waals surface area contributed by atoms with Crippen molar-refractivity contribution in [2.75, 3.05) is 26.5 Å². The number of carbonyl (C=O) groups excluding carboxylic acids is 3. The fraction of sp³-hybridized carbons (Fsp3) is 0.318. The number of nitrogens with zero attached hydrogens (tertiary/aromatic N) is 2. The Balaban J connectivity index is 1.99. The molecule has 164 valence electrons. The van der Waals surface area contributed by atoms with E-state index in [1.807, 2.05) is 26.0 Å². The van der Waals surface area contributed by atoms with Crippen LogP contribution in [-0.2, 0) is 9.59 Å². The van der Waals surface area contributed by atoms with Crippen LogP contribution >= 0.6 is 0 Å². The zero-order valence-electron chi connectivity index (χ0n) is 18.1. The molecule has 0 aliphatic carbocycles. The number of hydrogen-bond acceptors (Lipinski definition) is 7. The number of furan rings is 1. The lowest BCUT2D eigenvalue weighted by molar-refractivity contribution is -0.136. The van der Waals surface area contributed by atoms with E-state index >= 15 is 0 Å². The highest BCUT2D eigenvalue weighted by atomic mass is 16.3. The summed E-state index contributed by atoms with van der Waals surface area (Å²) in [7, 11) is 4.52. The molecule has 1 aromatic carbocycles. The third kappa shape index (κ3) is 4.11. The highest BCUT2D eigenvalue weighted by Crippen LogP contribution is 2.32. The van der Waals surface area contributed by atoms with Crippen molar-refractivity contribution in [3.05, 3.63) is 58.8 Å². The molecule has 1 aliphatic heterocycles. The second kappa shape index (κ2) is 8.55. The number of aromatic hydroxyl groups is 1. The van der Waals surface area contributed by atoms with Crippen LogP contribution in [0.1, 0.15) is 41.3 Å². The molecular formula is C22H26N4O5. The monoisotopic (exact) mass is 426 g/mol. The minimum absolute atomic E-state index is 0.0148. The van der Waals surface area contributed by atoms with E-state index in [2.05, 4.69) is 10.6 Å². The SMILES string of the molecule is CCC(NC1=C(Nc2cccc(C(=O)N(C)C)c2O)C(=O)N(C)C1=O)c1ccc(C)o1. The highest BCUT2D eigenvalue weighted by molar-refractivity contribution is 6.20. The first kappa shape index (κ1) is 21.9. The van der Waals surface area contributed by atoms with E-state index in [4.69, 9.17) is 4.42 Å². The van der Waals surface area contributed by atoms with Crippen LogP contribution in [-0.4, -0.2) is 53.8 Å². The molecule has 3 N–H and O–H groups in total. The van der Waals surface area contributed by atoms with Gasteiger partial charge in [0.15, 0.2) is 5.75 Å². The normalized spacial score (nSPS) is 14.8. The standard InChI is InChI=1S/C22H26N4O5/c1-6-14(16-11-10-12(2)31-16)23-17-18(22(30)26(5)21(17)29)24-15-9-7-8-13(19(15)27)20(28)25(3)4/h7-11,14,23-24,27H,6H2,1-5H3. The molecule has 31 heavy (non-hydrogen) atoms. The zero-order valence-corrected chi connectivity index (χ0v) is 18.1. The van der Waals surface area contributed by atoms with Gasteiger partial charge in [0.2, 0.25) is 0 Å². The fourth-order valence-corrected chi connectivity index (χ4v) is 3.27. The first-order valence-corrected chi connectivity index (χ1v) is 9.85. The number of para-hydroxylation sites is 1. The van der Waals surface area contributed by atoms with Gasteiger partial charge >= 0.3 is 0 Å². The van der Waals surface area contributed by atoms with Crippen LogP contribution in [0.3, 0.4) is 0 Å². The minimum atomic E-state index is -0.554. The molecule has 1 aliphatic rings. The van der Waals surface area contributed by atoms with Crippen LogP contribution in [0.5, 0.6) is 5.75 Å². The van der Waals surface area contributed by atoms with Crippen LogP contribution < -0.4 is 10.6 Å². The number of likely N-dealkylation sites (N-methyl/N-ethyl adjacent to an activating group) is 1. The van der Waals surface area contributed by atoms with Gasteiger partial charge < -0.3 is 25.1 Å². The van der Waals surface area contributed by atoms with Crippen LogP contribution in [0.25, 0.3) is 0 Å². The fourth-order valence-electron chi connectivity index (χ4n) is 3.27. The Kier molecular flexibility index (Phi) is 6.05. The van der Waals surface area contributed by atoms with Crippen LogP contribution in [0.4, 0.5) is 5.69 Å². The number of aryl methyl sites for hydroxylation is 1. The summed E-state index contributed by atoms with van der Waals surface area (Å²) in [5, 5.41) is 16.6. The molecule has 1 unspecified atom stereocenters. The highest BCUT2D eigenvalue weighted by Gasteiger charge is 2.38. The van der Waals surface area contributed by atoms with Gasteiger partial charge in [-0.3, -0.25) is 19.3 Å². The molecule has 0 radical (unpaired) electrons. The van der Waals surface area contributed by atoms with E-state index in [-0.39, 0.29) is 34.4 Å². The third-order valence-electron chi connectivity index (χ3n) is 5.05. The van der Waals surface area contributed by atoms with Crippen molar-refractivity contribution in [3.63, 3.8) is 0 Å². The maximum atomic E-state index is 12.7. The van der Waals surface area contributed by atoms with Crippen molar-refractivity contribution in [1.82, 2.24) is 15.1 Å². The molecular weight excluding hydrogens is 400 g/mol. The number of amides is 3. The predicted molar refractivity (Wildman–Crippen MR) is 114 cm³/mol. The quantitative estimate of drug-likeness (QED) is 0.460. The molecule has 1 atom stereocenters. The largest absolute Gasteiger partial charge is 0.505 e. The molecule has 0 saturated carbocycles. The lowest BCUT2D eigenvalue weighted by Crippen LogP contribution is -2.31. The number of benzene rings is 1. The van der Waals surface area contributed by atoms with Gasteiger partial charge in [-0.25, -0.2) is 0 Å². The number of carbonyl (C=O) groups is 3. The lowest BCUT2D eigenvalue weighted by Gasteiger charge is -2.18. The Hall–Kier alpha value is -3.75. The first-order valence-electron chi connectivity index (χ1n) is 9.85. The Bertz CT molecular complexity index is 1070. The van der Waals surface area contributed by atoms with Crippen LogP contribution in [0, 0.1) is 6.92 Å². The van der Waals surface area contributed by atoms with Gasteiger partial charge in [0.05, 0.1) is 17.3 Å². The summed E-state index contributed by atoms with van der Waals surface area (Å²) in [5.74, 6) is -0.380. The van der Waals surface area contributed by atoms with Gasteiger partial charge in [0.1, 0.15) is 22.9 Å². The van der Waals surface area contributed by atoms with E-state index < -0.39 is 17.7 Å². The number of imide groups is 1. The van der Waals surface area contributed by atoms with Crippen molar-refractivity contribution in [3.8, 4) is 5.75 Å². The Morgan fingerprint density at radius 2 is 1.84 bits per heavy atom. The number of hydrogen-bond donors (Lipinski definition) is 3. The van der Waals surface area contributed by atoms with Crippen LogP contribution in [0.15, 0.2) is 46.1 Å². The lowest BCUT2D eigenvalue weighted by atomic mass is 10.1. The van der Waals surface area contributed by atoms with Gasteiger partial charge in [-0.15, -0.1) is 0 Å². The maximum absolute atomic E-state index is 12.7. The molecule has 2 aromatic rings. The van der Waals surface area contributed by atoms with Crippen molar-refractivity contribution in [1.29, 1.82) is 0 Å². The van der Waals surface area contributed by atoms with Gasteiger partial charge in [0.25, 0.3) is 17.7 Å². The molecule has 0 spiro atoms. The predicted octanol–water partition coefficient (Wildman–Crippen LogP) is 2.36. The Morgan fingerprint density at radius 3 is 2.42 bits per heavy atom. The minimum Gasteiger partial charge on any atom is -0.505 e. The molecule has 2 heterocycles. The van der Waals surface area contributed by atoms with Crippen molar-refractivity contribution in [2.45, 2.75) is 26.3 Å². The molecule has 9 heteroatoms. The molecule has 3 rings (SSSR count). The Morgan fingerprint density at radius 1 is 1.16 bits per heavy atom. The van der Waals surface area contributed by atoms with Gasteiger partial charge in [-0.05, 0) is 37.6 Å². The summed E-state index contributed by atoms with van der Waals surface area (Å²) in [5.41, 5.74) is 0.268. The second-order valence-corrected chi connectivity index (χ2v) is 7.50. The number of anilines is 1. The van der Waals surface area contributed by atoms with E-state index in [1.165, 1.54) is 24.1 Å². The van der Waals surface area contributed by atoms with Crippen molar-refractivity contribution in [2.24, 2.45) is 0 Å². The van der Waals surface area contributed by atoms with E-state index in [0.29, 0.717) is 12.2 Å².